The van der Waals surface area contributed by atoms with Gasteiger partial charge in [-0.25, -0.2) is 4.39 Å². The van der Waals surface area contributed by atoms with Crippen LogP contribution in [0.5, 0.6) is 11.5 Å². The summed E-state index contributed by atoms with van der Waals surface area (Å²) in [4.78, 5) is 0. The standard InChI is InChI=1S/C31H29FO2/c1-5-30(2,3)23-13-16-25-21(20-23)10-17-29-26(25)18-19-31(34-29,27-8-6-7-9-28(27)32)22-11-14-24(33-4)15-12-22/h6-20H,5H2,1-4H3. The monoisotopic (exact) mass is 452 g/mol. The van der Waals surface area contributed by atoms with E-state index in [4.69, 9.17) is 9.47 Å². The third kappa shape index (κ3) is 3.56. The van der Waals surface area contributed by atoms with E-state index in [0.29, 0.717) is 5.56 Å². The largest absolute Gasteiger partial charge is 0.497 e. The van der Waals surface area contributed by atoms with E-state index in [1.54, 1.807) is 19.2 Å². The van der Waals surface area contributed by atoms with E-state index in [9.17, 15) is 0 Å². The number of hydrogen-bond acceptors (Lipinski definition) is 2. The van der Waals surface area contributed by atoms with Gasteiger partial charge in [0.15, 0.2) is 5.60 Å². The molecule has 172 valence electrons. The van der Waals surface area contributed by atoms with Gasteiger partial charge in [0.05, 0.1) is 7.11 Å². The predicted molar refractivity (Wildman–Crippen MR) is 137 cm³/mol. The molecule has 0 amide bonds. The maximum atomic E-state index is 15.1. The van der Waals surface area contributed by atoms with E-state index in [-0.39, 0.29) is 11.2 Å². The van der Waals surface area contributed by atoms with E-state index in [2.05, 4.69) is 51.1 Å². The molecule has 1 aliphatic heterocycles. The lowest BCUT2D eigenvalue weighted by Gasteiger charge is -2.36. The minimum Gasteiger partial charge on any atom is -0.497 e. The van der Waals surface area contributed by atoms with Crippen LogP contribution in [0.25, 0.3) is 16.8 Å². The summed E-state index contributed by atoms with van der Waals surface area (Å²) in [7, 11) is 1.63. The maximum absolute atomic E-state index is 15.1. The SMILES string of the molecule is CCC(C)(C)c1ccc2c3c(ccc2c1)OC(c1ccc(OC)cc1)(c1ccccc1F)C=C3. The Morgan fingerprint density at radius 1 is 0.941 bits per heavy atom. The van der Waals surface area contributed by atoms with E-state index >= 15 is 4.39 Å². The first-order valence-corrected chi connectivity index (χ1v) is 11.7. The first-order chi connectivity index (χ1) is 16.4. The van der Waals surface area contributed by atoms with Crippen molar-refractivity contribution >= 4 is 16.8 Å². The average Bonchev–Trinajstić information content (AvgIpc) is 2.88. The molecular weight excluding hydrogens is 423 g/mol. The predicted octanol–water partition coefficient (Wildman–Crippen LogP) is 8.02. The molecule has 0 aromatic heterocycles. The fraction of sp³-hybridized carbons (Fsp3) is 0.226. The van der Waals surface area contributed by atoms with Crippen molar-refractivity contribution in [1.29, 1.82) is 0 Å². The van der Waals surface area contributed by atoms with E-state index in [1.807, 2.05) is 42.5 Å². The number of fused-ring (bicyclic) bond motifs is 3. The summed E-state index contributed by atoms with van der Waals surface area (Å²) >= 11 is 0. The zero-order valence-electron chi connectivity index (χ0n) is 20.1. The van der Waals surface area contributed by atoms with Crippen molar-refractivity contribution in [3.8, 4) is 11.5 Å². The van der Waals surface area contributed by atoms with Gasteiger partial charge in [-0.15, -0.1) is 0 Å². The van der Waals surface area contributed by atoms with Crippen LogP contribution >= 0.6 is 0 Å². The van der Waals surface area contributed by atoms with Gasteiger partial charge in [-0.3, -0.25) is 0 Å². The highest BCUT2D eigenvalue weighted by atomic mass is 19.1. The van der Waals surface area contributed by atoms with Crippen LogP contribution in [0.1, 0.15) is 49.4 Å². The van der Waals surface area contributed by atoms with Crippen LogP contribution in [0.4, 0.5) is 4.39 Å². The summed E-state index contributed by atoms with van der Waals surface area (Å²) in [6.07, 6.45) is 5.11. The van der Waals surface area contributed by atoms with Gasteiger partial charge in [-0.2, -0.15) is 0 Å². The zero-order valence-corrected chi connectivity index (χ0v) is 20.1. The quantitative estimate of drug-likeness (QED) is 0.305. The second-order valence-corrected chi connectivity index (χ2v) is 9.53. The molecule has 0 aliphatic carbocycles. The highest BCUT2D eigenvalue weighted by Crippen LogP contribution is 2.45. The van der Waals surface area contributed by atoms with Crippen molar-refractivity contribution in [2.75, 3.05) is 7.11 Å². The smallest absolute Gasteiger partial charge is 0.180 e. The Bertz CT molecular complexity index is 1380. The lowest BCUT2D eigenvalue weighted by Crippen LogP contribution is -2.35. The molecule has 0 N–H and O–H groups in total. The summed E-state index contributed by atoms with van der Waals surface area (Å²) in [6, 6.07) is 25.2. The average molecular weight is 453 g/mol. The van der Waals surface area contributed by atoms with Gasteiger partial charge in [0, 0.05) is 16.7 Å². The minimum atomic E-state index is -1.08. The Hall–Kier alpha value is -3.59. The summed E-state index contributed by atoms with van der Waals surface area (Å²) in [5.41, 5.74) is 2.68. The third-order valence-electron chi connectivity index (χ3n) is 7.24. The highest BCUT2D eigenvalue weighted by molar-refractivity contribution is 5.94. The van der Waals surface area contributed by atoms with Crippen molar-refractivity contribution in [2.24, 2.45) is 0 Å². The molecule has 4 aromatic rings. The molecule has 0 spiro atoms. The molecule has 1 atom stereocenters. The lowest BCUT2D eigenvalue weighted by atomic mass is 9.80. The van der Waals surface area contributed by atoms with Gasteiger partial charge in [-0.05, 0) is 64.6 Å². The van der Waals surface area contributed by atoms with Crippen LogP contribution in [-0.2, 0) is 11.0 Å². The summed E-state index contributed by atoms with van der Waals surface area (Å²) in [5.74, 6) is 1.17. The normalized spacial score (nSPS) is 17.3. The zero-order chi connectivity index (χ0) is 23.9. The molecule has 1 unspecified atom stereocenters. The van der Waals surface area contributed by atoms with Crippen molar-refractivity contribution in [3.05, 3.63) is 113 Å². The summed E-state index contributed by atoms with van der Waals surface area (Å²) < 4.78 is 27.2. The van der Waals surface area contributed by atoms with Crippen LogP contribution in [-0.4, -0.2) is 7.11 Å². The van der Waals surface area contributed by atoms with E-state index in [1.165, 1.54) is 17.0 Å². The third-order valence-corrected chi connectivity index (χ3v) is 7.24. The van der Waals surface area contributed by atoms with Crippen LogP contribution < -0.4 is 9.47 Å². The second kappa shape index (κ2) is 8.32. The Morgan fingerprint density at radius 2 is 1.71 bits per heavy atom. The molecule has 4 aromatic carbocycles. The molecule has 0 fully saturated rings. The number of hydrogen-bond donors (Lipinski definition) is 0. The number of benzene rings is 4. The van der Waals surface area contributed by atoms with Crippen LogP contribution in [0, 0.1) is 5.82 Å². The molecule has 0 radical (unpaired) electrons. The summed E-state index contributed by atoms with van der Waals surface area (Å²) in [6.45, 7) is 6.76. The van der Waals surface area contributed by atoms with Gasteiger partial charge < -0.3 is 9.47 Å². The van der Waals surface area contributed by atoms with Crippen molar-refractivity contribution in [3.63, 3.8) is 0 Å². The van der Waals surface area contributed by atoms with Crippen LogP contribution in [0.15, 0.2) is 84.9 Å². The summed E-state index contributed by atoms with van der Waals surface area (Å²) in [5, 5.41) is 2.30. The Balaban J connectivity index is 1.67. The Morgan fingerprint density at radius 3 is 2.41 bits per heavy atom. The van der Waals surface area contributed by atoms with Gasteiger partial charge in [0.1, 0.15) is 17.3 Å². The second-order valence-electron chi connectivity index (χ2n) is 9.53. The fourth-order valence-electron chi connectivity index (χ4n) is 4.68. The molecule has 0 bridgehead atoms. The first-order valence-electron chi connectivity index (χ1n) is 11.7. The topological polar surface area (TPSA) is 18.5 Å². The molecule has 1 heterocycles. The fourth-order valence-corrected chi connectivity index (χ4v) is 4.68. The molecule has 34 heavy (non-hydrogen) atoms. The molecule has 1 aliphatic rings. The molecule has 3 heteroatoms. The maximum Gasteiger partial charge on any atom is 0.180 e. The highest BCUT2D eigenvalue weighted by Gasteiger charge is 2.39. The Labute approximate surface area is 200 Å². The van der Waals surface area contributed by atoms with E-state index < -0.39 is 5.60 Å². The molecular formula is C31H29FO2. The molecule has 2 nitrogen and oxygen atoms in total. The van der Waals surface area contributed by atoms with E-state index in [0.717, 1.165) is 34.4 Å². The van der Waals surface area contributed by atoms with Gasteiger partial charge in [0.25, 0.3) is 0 Å². The van der Waals surface area contributed by atoms with Crippen molar-refractivity contribution in [1.82, 2.24) is 0 Å². The molecule has 0 saturated heterocycles. The first kappa shape index (κ1) is 22.2. The van der Waals surface area contributed by atoms with Crippen molar-refractivity contribution in [2.45, 2.75) is 38.2 Å². The number of methoxy groups -OCH3 is 1. The number of halogens is 1. The molecule has 5 rings (SSSR count). The number of ether oxygens (including phenoxy) is 2. The Kier molecular flexibility index (Phi) is 5.44. The van der Waals surface area contributed by atoms with Gasteiger partial charge in [0.2, 0.25) is 0 Å². The van der Waals surface area contributed by atoms with Gasteiger partial charge >= 0.3 is 0 Å². The molecule has 0 saturated carbocycles. The van der Waals surface area contributed by atoms with Crippen LogP contribution in [0.3, 0.4) is 0 Å². The number of rotatable bonds is 5. The van der Waals surface area contributed by atoms with Crippen molar-refractivity contribution < 1.29 is 13.9 Å². The lowest BCUT2D eigenvalue weighted by molar-refractivity contribution is 0.156. The van der Waals surface area contributed by atoms with Gasteiger partial charge in [-0.1, -0.05) is 75.4 Å². The minimum absolute atomic E-state index is 0.116. The van der Waals surface area contributed by atoms with Crippen LogP contribution in [0.2, 0.25) is 0 Å².